The fraction of sp³-hybridized carbons (Fsp3) is 0.333. The summed E-state index contributed by atoms with van der Waals surface area (Å²) in [5.74, 6) is -3.07. The van der Waals surface area contributed by atoms with Gasteiger partial charge in [0, 0.05) is 31.3 Å². The van der Waals surface area contributed by atoms with Crippen molar-refractivity contribution in [3.63, 3.8) is 0 Å². The number of rotatable bonds is 9. The van der Waals surface area contributed by atoms with Crippen molar-refractivity contribution in [1.82, 2.24) is 9.13 Å². The van der Waals surface area contributed by atoms with E-state index in [2.05, 4.69) is 0 Å². The number of pyridine rings is 2. The van der Waals surface area contributed by atoms with Crippen molar-refractivity contribution < 1.29 is 27.4 Å². The first-order valence-electron chi connectivity index (χ1n) is 14.3. The number of aliphatic hydroxyl groups excluding tert-OH is 1. The highest BCUT2D eigenvalue weighted by Gasteiger charge is 2.26. The van der Waals surface area contributed by atoms with Crippen molar-refractivity contribution in [3.05, 3.63) is 114 Å². The second kappa shape index (κ2) is 15.7. The molecule has 0 amide bonds. The highest BCUT2D eigenvalue weighted by Crippen LogP contribution is 2.36. The van der Waals surface area contributed by atoms with E-state index in [1.54, 1.807) is 20.8 Å². The van der Waals surface area contributed by atoms with Crippen molar-refractivity contribution in [2.45, 2.75) is 65.8 Å². The Kier molecular flexibility index (Phi) is 12.6. The van der Waals surface area contributed by atoms with E-state index in [1.165, 1.54) is 40.5 Å². The van der Waals surface area contributed by atoms with E-state index >= 15 is 0 Å². The molecule has 4 rings (SSSR count). The zero-order chi connectivity index (χ0) is 33.6. The van der Waals surface area contributed by atoms with Gasteiger partial charge in [-0.15, -0.1) is 0 Å². The molecule has 2 heterocycles. The van der Waals surface area contributed by atoms with Gasteiger partial charge in [0.2, 0.25) is 0 Å². The van der Waals surface area contributed by atoms with E-state index in [0.29, 0.717) is 18.4 Å². The van der Waals surface area contributed by atoms with E-state index in [-0.39, 0.29) is 51.2 Å². The quantitative estimate of drug-likeness (QED) is 0.182. The summed E-state index contributed by atoms with van der Waals surface area (Å²) in [5.41, 5.74) is -0.680. The summed E-state index contributed by atoms with van der Waals surface area (Å²) in [6.45, 7) is 7.40. The molecule has 45 heavy (non-hydrogen) atoms. The predicted molar refractivity (Wildman–Crippen MR) is 169 cm³/mol. The number of nitrogens with zero attached hydrogens (tertiary/aromatic N) is 2. The first-order valence-corrected chi connectivity index (χ1v) is 15.1. The van der Waals surface area contributed by atoms with Crippen LogP contribution in [0.25, 0.3) is 22.5 Å². The van der Waals surface area contributed by atoms with Gasteiger partial charge in [-0.05, 0) is 63.1 Å². The molecular weight excluding hydrogens is 635 g/mol. The second-order valence-corrected chi connectivity index (χ2v) is 10.8. The van der Waals surface area contributed by atoms with E-state index in [9.17, 15) is 32.3 Å². The topological polar surface area (TPSA) is 73.5 Å². The van der Waals surface area contributed by atoms with Gasteiger partial charge in [0.15, 0.2) is 0 Å². The summed E-state index contributed by atoms with van der Waals surface area (Å²) >= 11 is 11.9. The van der Waals surface area contributed by atoms with Crippen molar-refractivity contribution in [1.29, 1.82) is 0 Å². The Labute approximate surface area is 268 Å². The van der Waals surface area contributed by atoms with Crippen molar-refractivity contribution in [2.24, 2.45) is 0 Å². The lowest BCUT2D eigenvalue weighted by Gasteiger charge is -2.22. The van der Waals surface area contributed by atoms with Crippen LogP contribution < -0.4 is 11.1 Å². The smallest absolute Gasteiger partial charge is 0.269 e. The average molecular weight is 670 g/mol. The predicted octanol–water partition coefficient (Wildman–Crippen LogP) is 8.47. The second-order valence-electron chi connectivity index (χ2n) is 9.94. The minimum Gasteiger partial charge on any atom is -0.388 e. The molecule has 0 aliphatic heterocycles. The van der Waals surface area contributed by atoms with E-state index in [1.807, 2.05) is 6.92 Å². The van der Waals surface area contributed by atoms with Crippen molar-refractivity contribution in [3.8, 4) is 22.5 Å². The molecule has 0 bridgehead atoms. The van der Waals surface area contributed by atoms with Crippen molar-refractivity contribution >= 4 is 23.2 Å². The highest BCUT2D eigenvalue weighted by molar-refractivity contribution is 6.30. The van der Waals surface area contributed by atoms with E-state index in [4.69, 9.17) is 27.9 Å². The molecule has 12 heteroatoms. The van der Waals surface area contributed by atoms with Gasteiger partial charge in [-0.25, -0.2) is 17.6 Å². The Bertz CT molecular complexity index is 1750. The Morgan fingerprint density at radius 3 is 1.42 bits per heavy atom. The Balaban J connectivity index is 0.000000246. The zero-order valence-corrected chi connectivity index (χ0v) is 26.9. The van der Waals surface area contributed by atoms with E-state index in [0.717, 1.165) is 24.3 Å². The summed E-state index contributed by atoms with van der Waals surface area (Å²) in [7, 11) is 1.50. The molecule has 0 aliphatic carbocycles. The number of aromatic nitrogens is 2. The van der Waals surface area contributed by atoms with Crippen LogP contribution >= 0.6 is 23.2 Å². The SMILES string of the molecule is CCC(O)c1cc(Cl)c(=O)n(CC)c1-c1c(F)cccc1F.CCC(OC)c1cc(Cl)c(=O)n(CC)c1-c1c(F)cccc1F. The summed E-state index contributed by atoms with van der Waals surface area (Å²) in [4.78, 5) is 24.5. The number of benzene rings is 2. The number of aliphatic hydroxyl groups is 1. The molecule has 4 aromatic rings. The molecule has 242 valence electrons. The third-order valence-corrected chi connectivity index (χ3v) is 7.87. The molecule has 0 aliphatic rings. The Morgan fingerprint density at radius 1 is 0.711 bits per heavy atom. The lowest BCUT2D eigenvalue weighted by molar-refractivity contribution is 0.0999. The first-order chi connectivity index (χ1) is 21.4. The standard InChI is InChI=1S/C17H18ClF2NO2.C16H16ClF2NO2/c1-4-14(23-3)10-9-11(18)17(22)21(5-2)16(10)15-12(19)7-6-8-13(15)20;1-3-13(21)9-8-10(17)16(22)20(4-2)15(9)14-11(18)6-5-7-12(14)19/h6-9,14H,4-5H2,1-3H3;5-8,13,21H,3-4H2,1-2H3. The normalized spacial score (nSPS) is 12.4. The number of ether oxygens (including phenoxy) is 1. The Hall–Kier alpha value is -3.44. The van der Waals surface area contributed by atoms with Crippen LogP contribution in [0.1, 0.15) is 63.9 Å². The molecule has 0 saturated heterocycles. The lowest BCUT2D eigenvalue weighted by Crippen LogP contribution is -2.24. The molecule has 1 N–H and O–H groups in total. The molecule has 0 spiro atoms. The zero-order valence-electron chi connectivity index (χ0n) is 25.4. The summed E-state index contributed by atoms with van der Waals surface area (Å²) in [6, 6.07) is 9.80. The fourth-order valence-corrected chi connectivity index (χ4v) is 5.59. The molecular formula is C33H34Cl2F4N2O4. The fourth-order valence-electron chi connectivity index (χ4n) is 5.15. The molecule has 2 aromatic carbocycles. The van der Waals surface area contributed by atoms with Gasteiger partial charge in [-0.1, -0.05) is 49.2 Å². The first kappa shape index (κ1) is 36.0. The molecule has 2 atom stereocenters. The number of halogens is 6. The lowest BCUT2D eigenvalue weighted by atomic mass is 9.98. The van der Waals surface area contributed by atoms with Crippen LogP contribution in [0.2, 0.25) is 10.0 Å². The van der Waals surface area contributed by atoms with Crippen molar-refractivity contribution in [2.75, 3.05) is 7.11 Å². The third kappa shape index (κ3) is 7.35. The number of hydrogen-bond acceptors (Lipinski definition) is 4. The van der Waals surface area contributed by atoms with E-state index < -0.39 is 46.6 Å². The van der Waals surface area contributed by atoms with Crippen LogP contribution in [0, 0.1) is 23.3 Å². The molecule has 2 unspecified atom stereocenters. The largest absolute Gasteiger partial charge is 0.388 e. The minimum absolute atomic E-state index is 0.00199. The van der Waals surface area contributed by atoms with Crippen LogP contribution in [0.15, 0.2) is 58.1 Å². The third-order valence-electron chi connectivity index (χ3n) is 7.33. The van der Waals surface area contributed by atoms with Crippen LogP contribution in [-0.4, -0.2) is 21.4 Å². The average Bonchev–Trinajstić information content (AvgIpc) is 3.01. The van der Waals surface area contributed by atoms with Gasteiger partial charge in [0.05, 0.1) is 34.7 Å². The molecule has 6 nitrogen and oxygen atoms in total. The Morgan fingerprint density at radius 2 is 1.09 bits per heavy atom. The van der Waals surface area contributed by atoms with Crippen LogP contribution in [0.4, 0.5) is 17.6 Å². The number of methoxy groups -OCH3 is 1. The molecule has 0 radical (unpaired) electrons. The van der Waals surface area contributed by atoms with Gasteiger partial charge in [-0.2, -0.15) is 0 Å². The summed E-state index contributed by atoms with van der Waals surface area (Å²) in [6.07, 6.45) is -0.524. The molecule has 0 saturated carbocycles. The van der Waals surface area contributed by atoms with Crippen LogP contribution in [0.3, 0.4) is 0 Å². The molecule has 2 aromatic heterocycles. The van der Waals surface area contributed by atoms with Crippen LogP contribution in [-0.2, 0) is 17.8 Å². The van der Waals surface area contributed by atoms with Gasteiger partial charge in [0.25, 0.3) is 11.1 Å². The molecule has 0 fully saturated rings. The van der Waals surface area contributed by atoms with Gasteiger partial charge in [0.1, 0.15) is 33.3 Å². The van der Waals surface area contributed by atoms with Gasteiger partial charge in [-0.3, -0.25) is 9.59 Å². The number of hydrogen-bond donors (Lipinski definition) is 1. The highest BCUT2D eigenvalue weighted by atomic mass is 35.5. The minimum atomic E-state index is -0.982. The van der Waals surface area contributed by atoms with Gasteiger partial charge >= 0.3 is 0 Å². The van der Waals surface area contributed by atoms with Gasteiger partial charge < -0.3 is 19.0 Å². The maximum absolute atomic E-state index is 14.3. The monoisotopic (exact) mass is 668 g/mol. The summed E-state index contributed by atoms with van der Waals surface area (Å²) < 4.78 is 64.8. The maximum atomic E-state index is 14.3. The van der Waals surface area contributed by atoms with Crippen LogP contribution in [0.5, 0.6) is 0 Å². The maximum Gasteiger partial charge on any atom is 0.269 e. The summed E-state index contributed by atoms with van der Waals surface area (Å²) in [5, 5.41) is 10.1.